The van der Waals surface area contributed by atoms with E-state index in [4.69, 9.17) is 9.47 Å². The predicted molar refractivity (Wildman–Crippen MR) is 90.2 cm³/mol. The summed E-state index contributed by atoms with van der Waals surface area (Å²) >= 11 is 0. The molecule has 3 heterocycles. The Morgan fingerprint density at radius 1 is 1.24 bits per heavy atom. The molecule has 25 heavy (non-hydrogen) atoms. The van der Waals surface area contributed by atoms with Crippen LogP contribution < -0.4 is 0 Å². The van der Waals surface area contributed by atoms with Gasteiger partial charge in [0.1, 0.15) is 17.8 Å². The molecule has 0 aromatic rings. The first-order valence-electron chi connectivity index (χ1n) is 9.00. The monoisotopic (exact) mass is 344 g/mol. The molecule has 1 spiro atoms. The Bertz CT molecular complexity index is 732. The number of esters is 1. The average Bonchev–Trinajstić information content (AvgIpc) is 2.83. The van der Waals surface area contributed by atoms with Crippen LogP contribution >= 0.6 is 0 Å². The van der Waals surface area contributed by atoms with Gasteiger partial charge in [-0.25, -0.2) is 4.79 Å². The van der Waals surface area contributed by atoms with Crippen molar-refractivity contribution in [3.63, 3.8) is 0 Å². The van der Waals surface area contributed by atoms with Gasteiger partial charge in [0.2, 0.25) is 0 Å². The molecule has 0 aromatic heterocycles. The largest absolute Gasteiger partial charge is 0.486 e. The maximum absolute atomic E-state index is 13.0. The SMILES string of the molecule is C=C1C=CC2C(O)C3OC4=C(C(=O)OC42CC3C)C(=O)C(C)CC1C. The van der Waals surface area contributed by atoms with Crippen molar-refractivity contribution in [2.45, 2.75) is 51.4 Å². The molecule has 0 aromatic carbocycles. The maximum atomic E-state index is 13.0. The van der Waals surface area contributed by atoms with Crippen LogP contribution in [-0.2, 0) is 19.1 Å². The highest BCUT2D eigenvalue weighted by molar-refractivity contribution is 6.20. The van der Waals surface area contributed by atoms with Crippen LogP contribution in [0.5, 0.6) is 0 Å². The first-order valence-corrected chi connectivity index (χ1v) is 9.00. The Kier molecular flexibility index (Phi) is 3.52. The number of aliphatic hydroxyl groups is 1. The first-order chi connectivity index (χ1) is 11.8. The zero-order chi connectivity index (χ0) is 18.1. The lowest BCUT2D eigenvalue weighted by Crippen LogP contribution is -2.63. The number of ether oxygens (including phenoxy) is 2. The van der Waals surface area contributed by atoms with E-state index < -0.39 is 29.7 Å². The molecule has 1 saturated carbocycles. The zero-order valence-corrected chi connectivity index (χ0v) is 14.8. The van der Waals surface area contributed by atoms with Gasteiger partial charge in [0.25, 0.3) is 0 Å². The molecule has 0 amide bonds. The van der Waals surface area contributed by atoms with Gasteiger partial charge in [-0.2, -0.15) is 0 Å². The van der Waals surface area contributed by atoms with Crippen molar-refractivity contribution in [1.29, 1.82) is 0 Å². The summed E-state index contributed by atoms with van der Waals surface area (Å²) in [5.41, 5.74) is -0.108. The normalized spacial score (nSPS) is 46.0. The van der Waals surface area contributed by atoms with Gasteiger partial charge in [0.05, 0.1) is 5.92 Å². The van der Waals surface area contributed by atoms with E-state index in [0.29, 0.717) is 18.6 Å². The summed E-state index contributed by atoms with van der Waals surface area (Å²) in [7, 11) is 0. The second-order valence-electron chi connectivity index (χ2n) is 8.10. The van der Waals surface area contributed by atoms with Crippen LogP contribution in [0.2, 0.25) is 0 Å². The predicted octanol–water partition coefficient (Wildman–Crippen LogP) is 2.31. The third-order valence-electron chi connectivity index (χ3n) is 6.33. The molecule has 5 heteroatoms. The third kappa shape index (κ3) is 2.11. The fourth-order valence-electron chi connectivity index (χ4n) is 4.86. The molecule has 0 radical (unpaired) electrons. The van der Waals surface area contributed by atoms with Crippen LogP contribution in [0.25, 0.3) is 0 Å². The summed E-state index contributed by atoms with van der Waals surface area (Å²) in [4.78, 5) is 25.6. The second kappa shape index (κ2) is 5.31. The molecule has 134 valence electrons. The van der Waals surface area contributed by atoms with Crippen LogP contribution in [0.3, 0.4) is 0 Å². The van der Waals surface area contributed by atoms with E-state index in [1.807, 2.05) is 32.9 Å². The Balaban J connectivity index is 1.93. The van der Waals surface area contributed by atoms with Crippen molar-refractivity contribution >= 4 is 11.8 Å². The Labute approximate surface area is 147 Å². The van der Waals surface area contributed by atoms with Crippen LogP contribution in [0, 0.1) is 23.7 Å². The van der Waals surface area contributed by atoms with Gasteiger partial charge >= 0.3 is 5.97 Å². The number of fused-ring (bicyclic) bond motifs is 1. The van der Waals surface area contributed by atoms with Crippen molar-refractivity contribution in [2.75, 3.05) is 0 Å². The summed E-state index contributed by atoms with van der Waals surface area (Å²) in [6.07, 6.45) is 3.73. The number of hydrogen-bond acceptors (Lipinski definition) is 5. The molecule has 7 unspecified atom stereocenters. The average molecular weight is 344 g/mol. The molecule has 1 N–H and O–H groups in total. The van der Waals surface area contributed by atoms with E-state index in [-0.39, 0.29) is 29.1 Å². The number of carbonyl (C=O) groups is 2. The van der Waals surface area contributed by atoms with E-state index in [1.54, 1.807) is 0 Å². The molecule has 5 bridgehead atoms. The van der Waals surface area contributed by atoms with Gasteiger partial charge in [0, 0.05) is 12.3 Å². The fourth-order valence-corrected chi connectivity index (χ4v) is 4.86. The minimum absolute atomic E-state index is 0.0373. The highest BCUT2D eigenvalue weighted by Crippen LogP contribution is 2.56. The van der Waals surface area contributed by atoms with Crippen molar-refractivity contribution in [3.05, 3.63) is 35.6 Å². The minimum Gasteiger partial charge on any atom is -0.486 e. The van der Waals surface area contributed by atoms with Gasteiger partial charge < -0.3 is 14.6 Å². The van der Waals surface area contributed by atoms with Crippen LogP contribution in [0.1, 0.15) is 33.6 Å². The van der Waals surface area contributed by atoms with Crippen LogP contribution in [-0.4, -0.2) is 34.7 Å². The number of aliphatic hydroxyl groups excluding tert-OH is 1. The lowest BCUT2D eigenvalue weighted by atomic mass is 9.64. The number of rotatable bonds is 0. The Hall–Kier alpha value is -1.88. The van der Waals surface area contributed by atoms with Gasteiger partial charge in [0.15, 0.2) is 17.1 Å². The summed E-state index contributed by atoms with van der Waals surface area (Å²) < 4.78 is 11.7. The smallest absolute Gasteiger partial charge is 0.346 e. The first kappa shape index (κ1) is 16.6. The third-order valence-corrected chi connectivity index (χ3v) is 6.33. The number of Topliss-reactive ketones (excluding diaryl/α,β-unsaturated/α-hetero) is 1. The van der Waals surface area contributed by atoms with Crippen LogP contribution in [0.4, 0.5) is 0 Å². The van der Waals surface area contributed by atoms with E-state index in [0.717, 1.165) is 5.57 Å². The molecule has 5 nitrogen and oxygen atoms in total. The van der Waals surface area contributed by atoms with E-state index in [9.17, 15) is 14.7 Å². The lowest BCUT2D eigenvalue weighted by molar-refractivity contribution is -0.220. The van der Waals surface area contributed by atoms with Crippen molar-refractivity contribution in [2.24, 2.45) is 23.7 Å². The van der Waals surface area contributed by atoms with Gasteiger partial charge in [-0.3, -0.25) is 4.79 Å². The second-order valence-corrected chi connectivity index (χ2v) is 8.10. The molecule has 3 aliphatic heterocycles. The summed E-state index contributed by atoms with van der Waals surface area (Å²) in [6.45, 7) is 9.93. The van der Waals surface area contributed by atoms with Gasteiger partial charge in [-0.1, -0.05) is 45.1 Å². The molecular weight excluding hydrogens is 320 g/mol. The molecule has 3 fully saturated rings. The van der Waals surface area contributed by atoms with E-state index >= 15 is 0 Å². The zero-order valence-electron chi connectivity index (χ0n) is 14.8. The molecular formula is C20H24O5. The maximum Gasteiger partial charge on any atom is 0.346 e. The quantitative estimate of drug-likeness (QED) is 0.539. The van der Waals surface area contributed by atoms with Gasteiger partial charge in [-0.05, 0) is 18.3 Å². The summed E-state index contributed by atoms with van der Waals surface area (Å²) in [5.74, 6) is -1.10. The number of allylic oxidation sites excluding steroid dienone is 2. The molecule has 5 rings (SSSR count). The highest BCUT2D eigenvalue weighted by Gasteiger charge is 2.67. The summed E-state index contributed by atoms with van der Waals surface area (Å²) in [5, 5.41) is 10.8. The molecule has 2 saturated heterocycles. The van der Waals surface area contributed by atoms with Crippen molar-refractivity contribution in [3.8, 4) is 0 Å². The standard InChI is InChI=1S/C20H24O5/c1-9-5-6-13-16(22)17-12(4)8-20(13)18(24-17)14(19(23)25-20)15(21)11(3)7-10(9)2/h5-6,10-13,16-17,22H,1,7-8H2,2-4H3. The highest BCUT2D eigenvalue weighted by atomic mass is 16.6. The number of ketones is 1. The van der Waals surface area contributed by atoms with Crippen molar-refractivity contribution < 1.29 is 24.2 Å². The number of carbonyl (C=O) groups excluding carboxylic acids is 2. The number of hydrogen-bond donors (Lipinski definition) is 1. The van der Waals surface area contributed by atoms with E-state index in [2.05, 4.69) is 6.58 Å². The fraction of sp³-hybridized carbons (Fsp3) is 0.600. The van der Waals surface area contributed by atoms with E-state index in [1.165, 1.54) is 0 Å². The molecule has 7 atom stereocenters. The molecule has 2 aliphatic carbocycles. The molecule has 5 aliphatic rings. The Morgan fingerprint density at radius 2 is 1.96 bits per heavy atom. The lowest BCUT2D eigenvalue weighted by Gasteiger charge is -2.54. The Morgan fingerprint density at radius 3 is 2.68 bits per heavy atom. The van der Waals surface area contributed by atoms with Gasteiger partial charge in [-0.15, -0.1) is 0 Å². The summed E-state index contributed by atoms with van der Waals surface area (Å²) in [6, 6.07) is 0. The topological polar surface area (TPSA) is 72.8 Å². The van der Waals surface area contributed by atoms with Crippen LogP contribution in [0.15, 0.2) is 35.6 Å². The van der Waals surface area contributed by atoms with Crippen molar-refractivity contribution in [1.82, 2.24) is 0 Å². The minimum atomic E-state index is -1.07.